The number of allylic oxidation sites excluding steroid dienone is 8. The summed E-state index contributed by atoms with van der Waals surface area (Å²) in [6, 6.07) is 48.6. The molecule has 0 bridgehead atoms. The van der Waals surface area contributed by atoms with Gasteiger partial charge in [0.1, 0.15) is 0 Å². The Bertz CT molecular complexity index is 4290. The highest BCUT2D eigenvalue weighted by Crippen LogP contribution is 2.45. The number of hydrogen-bond acceptors (Lipinski definition) is 1. The van der Waals surface area contributed by atoms with Gasteiger partial charge in [-0.3, -0.25) is 0 Å². The van der Waals surface area contributed by atoms with Crippen molar-refractivity contribution in [2.45, 2.75) is 52.9 Å². The first-order valence-electron chi connectivity index (χ1n) is 25.1. The molecule has 9 heteroatoms. The SMILES string of the molecule is CC1=CC(=c2ccc3c4ccc(=C5C=CC=C(C)C5)cc4n(-c4cc(C#N)c(-c5cc(C(F)(F)F)cc(C(F)(F)F)c5)cc4-n4c5cc(-c6cccc(C)c6)ccc5c5ccc(-c6cccc(C)c6)cc54)c3c2)CC=C1. The maximum absolute atomic E-state index is 14.8. The fourth-order valence-corrected chi connectivity index (χ4v) is 11.2. The fraction of sp³-hybridized carbons (Fsp3) is 0.119. The third-order valence-electron chi connectivity index (χ3n) is 14.9. The van der Waals surface area contributed by atoms with Crippen molar-refractivity contribution in [2.24, 2.45) is 0 Å². The van der Waals surface area contributed by atoms with E-state index in [4.69, 9.17) is 0 Å². The molecule has 3 nitrogen and oxygen atoms in total. The normalized spacial score (nSPS) is 15.5. The van der Waals surface area contributed by atoms with Gasteiger partial charge in [0, 0.05) is 27.1 Å². The van der Waals surface area contributed by atoms with Gasteiger partial charge in [0.15, 0.2) is 0 Å². The van der Waals surface area contributed by atoms with Crippen molar-refractivity contribution < 1.29 is 26.3 Å². The van der Waals surface area contributed by atoms with Crippen LogP contribution in [0.1, 0.15) is 54.5 Å². The van der Waals surface area contributed by atoms with Gasteiger partial charge >= 0.3 is 12.4 Å². The van der Waals surface area contributed by atoms with Crippen molar-refractivity contribution in [3.63, 3.8) is 0 Å². The highest BCUT2D eigenvalue weighted by molar-refractivity contribution is 6.13. The average molecular weight is 1010 g/mol. The lowest BCUT2D eigenvalue weighted by atomic mass is 9.94. The van der Waals surface area contributed by atoms with Gasteiger partial charge in [-0.1, -0.05) is 156 Å². The number of aromatic nitrogens is 2. The van der Waals surface area contributed by atoms with Gasteiger partial charge in [-0.25, -0.2) is 0 Å². The number of alkyl halides is 6. The lowest BCUT2D eigenvalue weighted by molar-refractivity contribution is -0.143. The van der Waals surface area contributed by atoms with Crippen molar-refractivity contribution in [1.29, 1.82) is 5.26 Å². The number of halogens is 6. The molecule has 0 atom stereocenters. The Labute approximate surface area is 434 Å². The maximum Gasteiger partial charge on any atom is 0.416 e. The molecule has 76 heavy (non-hydrogen) atoms. The number of rotatable bonds is 5. The summed E-state index contributed by atoms with van der Waals surface area (Å²) in [5.74, 6) is 0. The Balaban J connectivity index is 1.29. The van der Waals surface area contributed by atoms with E-state index in [0.717, 1.165) is 111 Å². The molecule has 0 saturated carbocycles. The molecule has 8 aromatic carbocycles. The van der Waals surface area contributed by atoms with Crippen molar-refractivity contribution >= 4 is 54.8 Å². The third kappa shape index (κ3) is 8.54. The van der Waals surface area contributed by atoms with E-state index in [-0.39, 0.29) is 17.2 Å². The molecular weight excluding hydrogens is 961 g/mol. The minimum absolute atomic E-state index is 0.0880. The van der Waals surface area contributed by atoms with Crippen LogP contribution in [0.25, 0.3) is 99.5 Å². The van der Waals surface area contributed by atoms with Crippen LogP contribution < -0.4 is 10.4 Å². The predicted molar refractivity (Wildman–Crippen MR) is 297 cm³/mol. The standard InChI is InChI=1S/C67H47F6N3/c1-39-9-5-13-43(25-39)47-17-21-55-56-22-18-48(44-14-6-10-40(2)26-44)32-61(56)75(60(55)31-47)64-35-52(38-74)59(51-29-53(66(68,69)70)36-54(30-51)67(71,72)73)37-65(64)76-62-33-49(45-15-7-11-41(3)27-45)19-23-57(62)58-24-20-50(34-63(58)76)46-16-8-12-42(4)28-46/h5-13,15-24,26-37H,14,25H2,1-4H3. The van der Waals surface area contributed by atoms with E-state index in [0.29, 0.717) is 29.9 Å². The lowest BCUT2D eigenvalue weighted by Crippen LogP contribution is -2.12. The van der Waals surface area contributed by atoms with Crippen molar-refractivity contribution in [1.82, 2.24) is 9.13 Å². The summed E-state index contributed by atoms with van der Waals surface area (Å²) in [6.45, 7) is 8.20. The second kappa shape index (κ2) is 18.2. The van der Waals surface area contributed by atoms with Crippen LogP contribution in [0.15, 0.2) is 199 Å². The Morgan fingerprint density at radius 3 is 1.49 bits per heavy atom. The van der Waals surface area contributed by atoms with Crippen LogP contribution in [0.2, 0.25) is 0 Å². The minimum Gasteiger partial charge on any atom is -0.307 e. The van der Waals surface area contributed by atoms with E-state index in [1.807, 2.05) is 56.3 Å². The molecule has 2 aliphatic rings. The van der Waals surface area contributed by atoms with Crippen molar-refractivity contribution in [2.75, 3.05) is 0 Å². The smallest absolute Gasteiger partial charge is 0.307 e. The fourth-order valence-electron chi connectivity index (χ4n) is 11.2. The van der Waals surface area contributed by atoms with Crippen LogP contribution >= 0.6 is 0 Å². The van der Waals surface area contributed by atoms with Crippen molar-refractivity contribution in [3.8, 4) is 50.8 Å². The van der Waals surface area contributed by atoms with Crippen LogP contribution in [0.5, 0.6) is 0 Å². The average Bonchev–Trinajstić information content (AvgIpc) is 3.99. The highest BCUT2D eigenvalue weighted by atomic mass is 19.4. The zero-order chi connectivity index (χ0) is 52.8. The van der Waals surface area contributed by atoms with Crippen LogP contribution in [0, 0.1) is 25.2 Å². The number of nitriles is 1. The summed E-state index contributed by atoms with van der Waals surface area (Å²) >= 11 is 0. The van der Waals surface area contributed by atoms with Crippen molar-refractivity contribution in [3.05, 3.63) is 238 Å². The summed E-state index contributed by atoms with van der Waals surface area (Å²) in [6.07, 6.45) is 3.80. The van der Waals surface area contributed by atoms with E-state index in [1.54, 1.807) is 12.1 Å². The van der Waals surface area contributed by atoms with Gasteiger partial charge in [-0.15, -0.1) is 0 Å². The summed E-state index contributed by atoms with van der Waals surface area (Å²) < 4.78 is 92.7. The Kier molecular flexibility index (Phi) is 11.5. The largest absolute Gasteiger partial charge is 0.416 e. The van der Waals surface area contributed by atoms with Gasteiger partial charge in [0.2, 0.25) is 0 Å². The van der Waals surface area contributed by atoms with Crippen LogP contribution in [0.4, 0.5) is 26.3 Å². The molecule has 0 fully saturated rings. The molecule has 372 valence electrons. The lowest BCUT2D eigenvalue weighted by Gasteiger charge is -2.21. The second-order valence-corrected chi connectivity index (χ2v) is 20.2. The molecule has 0 saturated heterocycles. The van der Waals surface area contributed by atoms with Gasteiger partial charge in [0.05, 0.1) is 56.2 Å². The van der Waals surface area contributed by atoms with Gasteiger partial charge < -0.3 is 9.13 Å². The molecule has 0 aliphatic heterocycles. The molecule has 12 rings (SSSR count). The quantitative estimate of drug-likeness (QED) is 0.158. The molecule has 2 aromatic heterocycles. The molecule has 0 N–H and O–H groups in total. The van der Waals surface area contributed by atoms with Gasteiger partial charge in [-0.05, 0) is 145 Å². The monoisotopic (exact) mass is 1010 g/mol. The van der Waals surface area contributed by atoms with Crippen LogP contribution in [-0.4, -0.2) is 9.13 Å². The van der Waals surface area contributed by atoms with Crippen LogP contribution in [0.3, 0.4) is 0 Å². The molecular formula is C67H47F6N3. The van der Waals surface area contributed by atoms with Crippen LogP contribution in [-0.2, 0) is 12.4 Å². The zero-order valence-corrected chi connectivity index (χ0v) is 41.9. The molecule has 0 unspecified atom stereocenters. The topological polar surface area (TPSA) is 33.6 Å². The summed E-state index contributed by atoms with van der Waals surface area (Å²) in [4.78, 5) is 0. The summed E-state index contributed by atoms with van der Waals surface area (Å²) in [5, 5.41) is 16.8. The van der Waals surface area contributed by atoms with E-state index >= 15 is 0 Å². The Morgan fingerprint density at radius 1 is 0.487 bits per heavy atom. The van der Waals surface area contributed by atoms with Gasteiger partial charge in [-0.2, -0.15) is 31.6 Å². The van der Waals surface area contributed by atoms with E-state index in [2.05, 4.69) is 144 Å². The molecule has 2 aliphatic carbocycles. The summed E-state index contributed by atoms with van der Waals surface area (Å²) in [7, 11) is 0. The number of benzene rings is 8. The molecule has 10 aromatic rings. The van der Waals surface area contributed by atoms with E-state index in [9.17, 15) is 31.6 Å². The third-order valence-corrected chi connectivity index (χ3v) is 14.9. The molecule has 0 spiro atoms. The Hall–Kier alpha value is -8.87. The second-order valence-electron chi connectivity index (χ2n) is 20.2. The first-order valence-corrected chi connectivity index (χ1v) is 25.1. The summed E-state index contributed by atoms with van der Waals surface area (Å²) in [5.41, 5.74) is 10.8. The predicted octanol–water partition coefficient (Wildman–Crippen LogP) is 17.5. The molecule has 0 amide bonds. The first-order chi connectivity index (χ1) is 36.5. The van der Waals surface area contributed by atoms with E-state index < -0.39 is 29.0 Å². The minimum atomic E-state index is -5.13. The molecule has 0 radical (unpaired) electrons. The zero-order valence-electron chi connectivity index (χ0n) is 41.9. The number of hydrogen-bond donors (Lipinski definition) is 0. The first kappa shape index (κ1) is 48.1. The number of nitrogens with zero attached hydrogens (tertiary/aromatic N) is 3. The number of fused-ring (bicyclic) bond motifs is 6. The Morgan fingerprint density at radius 2 is 0.987 bits per heavy atom. The van der Waals surface area contributed by atoms with Gasteiger partial charge in [0.25, 0.3) is 0 Å². The maximum atomic E-state index is 14.8. The number of aryl methyl sites for hydroxylation is 2. The van der Waals surface area contributed by atoms with E-state index in [1.165, 1.54) is 5.57 Å². The molecule has 2 heterocycles. The highest BCUT2D eigenvalue weighted by Gasteiger charge is 2.37.